The zero-order chi connectivity index (χ0) is 24.0. The number of nitrogens with zero attached hydrogens (tertiary/aromatic N) is 4. The van der Waals surface area contributed by atoms with Gasteiger partial charge in [0.1, 0.15) is 0 Å². The van der Waals surface area contributed by atoms with E-state index in [1.807, 2.05) is 9.80 Å². The Morgan fingerprint density at radius 1 is 0.647 bits per heavy atom. The Morgan fingerprint density at radius 2 is 1.18 bits per heavy atom. The number of rotatable bonds is 6. The van der Waals surface area contributed by atoms with Crippen LogP contribution in [0.4, 0.5) is 0 Å². The van der Waals surface area contributed by atoms with Crippen LogP contribution in [-0.2, 0) is 26.0 Å². The number of carbonyl (C=O) groups excluding carboxylic acids is 2. The summed E-state index contributed by atoms with van der Waals surface area (Å²) in [4.78, 5) is 31.8. The maximum Gasteiger partial charge on any atom is 0.243 e. The van der Waals surface area contributed by atoms with Crippen LogP contribution in [0.15, 0.2) is 29.2 Å². The molecule has 3 fully saturated rings. The van der Waals surface area contributed by atoms with Crippen molar-refractivity contribution in [3.05, 3.63) is 29.8 Å². The van der Waals surface area contributed by atoms with Gasteiger partial charge in [0.15, 0.2) is 0 Å². The van der Waals surface area contributed by atoms with Crippen molar-refractivity contribution in [2.75, 3.05) is 58.9 Å². The minimum absolute atomic E-state index is 0.0464. The van der Waals surface area contributed by atoms with Crippen LogP contribution in [0.5, 0.6) is 0 Å². The van der Waals surface area contributed by atoms with E-state index in [4.69, 9.17) is 0 Å². The molecule has 3 saturated heterocycles. The van der Waals surface area contributed by atoms with E-state index in [1.54, 1.807) is 28.6 Å². The van der Waals surface area contributed by atoms with Gasteiger partial charge in [-0.15, -0.1) is 0 Å². The van der Waals surface area contributed by atoms with Crippen molar-refractivity contribution in [1.29, 1.82) is 0 Å². The smallest absolute Gasteiger partial charge is 0.243 e. The van der Waals surface area contributed by atoms with E-state index in [2.05, 4.69) is 4.90 Å². The van der Waals surface area contributed by atoms with Gasteiger partial charge in [0.2, 0.25) is 21.8 Å². The average molecular weight is 491 g/mol. The van der Waals surface area contributed by atoms with E-state index < -0.39 is 10.0 Å². The molecule has 34 heavy (non-hydrogen) atoms. The number of hydrogen-bond acceptors (Lipinski definition) is 5. The van der Waals surface area contributed by atoms with Gasteiger partial charge in [-0.1, -0.05) is 31.4 Å². The summed E-state index contributed by atoms with van der Waals surface area (Å²) in [7, 11) is -3.45. The number of amides is 2. The molecule has 1 aromatic carbocycles. The van der Waals surface area contributed by atoms with Crippen molar-refractivity contribution in [3.8, 4) is 0 Å². The molecule has 3 heterocycles. The normalized spacial score (nSPS) is 21.3. The van der Waals surface area contributed by atoms with Gasteiger partial charge in [-0.25, -0.2) is 8.42 Å². The minimum Gasteiger partial charge on any atom is -0.342 e. The molecule has 188 valence electrons. The Hall–Kier alpha value is -1.97. The Morgan fingerprint density at radius 3 is 1.79 bits per heavy atom. The Balaban J connectivity index is 1.24. The number of sulfonamides is 1. The number of likely N-dealkylation sites (tertiary alicyclic amines) is 1. The fourth-order valence-electron chi connectivity index (χ4n) is 5.09. The van der Waals surface area contributed by atoms with Gasteiger partial charge in [0.05, 0.1) is 17.9 Å². The van der Waals surface area contributed by atoms with Crippen molar-refractivity contribution in [2.24, 2.45) is 0 Å². The lowest BCUT2D eigenvalue weighted by Gasteiger charge is -2.35. The van der Waals surface area contributed by atoms with Crippen LogP contribution in [-0.4, -0.2) is 98.1 Å². The quantitative estimate of drug-likeness (QED) is 0.609. The predicted octanol–water partition coefficient (Wildman–Crippen LogP) is 1.95. The van der Waals surface area contributed by atoms with E-state index in [0.717, 1.165) is 50.8 Å². The van der Waals surface area contributed by atoms with E-state index >= 15 is 0 Å². The zero-order valence-electron chi connectivity index (χ0n) is 20.2. The molecule has 0 atom stereocenters. The molecule has 8 nitrogen and oxygen atoms in total. The van der Waals surface area contributed by atoms with Crippen molar-refractivity contribution < 1.29 is 18.0 Å². The number of hydrogen-bond donors (Lipinski definition) is 0. The molecular weight excluding hydrogens is 452 g/mol. The summed E-state index contributed by atoms with van der Waals surface area (Å²) in [5.41, 5.74) is 0.821. The van der Waals surface area contributed by atoms with Crippen LogP contribution in [0.25, 0.3) is 0 Å². The third-order valence-electron chi connectivity index (χ3n) is 7.27. The molecular formula is C25H38N4O4S. The molecule has 0 unspecified atom stereocenters. The molecule has 0 radical (unpaired) electrons. The summed E-state index contributed by atoms with van der Waals surface area (Å²) in [5, 5.41) is 0. The first-order valence-corrected chi connectivity index (χ1v) is 14.2. The Bertz CT molecular complexity index is 928. The molecule has 3 aliphatic heterocycles. The second kappa shape index (κ2) is 11.6. The van der Waals surface area contributed by atoms with E-state index in [9.17, 15) is 18.0 Å². The average Bonchev–Trinajstić information content (AvgIpc) is 3.15. The Kier molecular flexibility index (Phi) is 8.60. The third-order valence-corrected chi connectivity index (χ3v) is 9.19. The van der Waals surface area contributed by atoms with E-state index in [0.29, 0.717) is 50.7 Å². The fraction of sp³-hybridized carbons (Fsp3) is 0.680. The lowest BCUT2D eigenvalue weighted by Crippen LogP contribution is -2.52. The standard InChI is InChI=1S/C25H38N4O4S/c30-24(20-22-8-10-23(11-9-22)34(32,33)29-14-6-3-7-15-29)28-18-16-26(17-19-28)21-25(31)27-12-4-1-2-5-13-27/h8-11H,1-7,12-21H2. The molecule has 2 amide bonds. The fourth-order valence-corrected chi connectivity index (χ4v) is 6.60. The van der Waals surface area contributed by atoms with Gasteiger partial charge in [0.25, 0.3) is 0 Å². The highest BCUT2D eigenvalue weighted by Gasteiger charge is 2.27. The molecule has 0 aromatic heterocycles. The molecule has 0 aliphatic carbocycles. The van der Waals surface area contributed by atoms with Gasteiger partial charge in [-0.3, -0.25) is 14.5 Å². The lowest BCUT2D eigenvalue weighted by atomic mass is 10.1. The highest BCUT2D eigenvalue weighted by atomic mass is 32.2. The second-order valence-electron chi connectivity index (χ2n) is 9.74. The van der Waals surface area contributed by atoms with Crippen molar-refractivity contribution in [1.82, 2.24) is 19.0 Å². The minimum atomic E-state index is -3.45. The van der Waals surface area contributed by atoms with Gasteiger partial charge >= 0.3 is 0 Å². The maximum absolute atomic E-state index is 12.8. The first kappa shape index (κ1) is 25.1. The molecule has 0 N–H and O–H groups in total. The summed E-state index contributed by atoms with van der Waals surface area (Å²) in [6, 6.07) is 6.76. The molecule has 0 spiro atoms. The molecule has 3 aliphatic rings. The predicted molar refractivity (Wildman–Crippen MR) is 131 cm³/mol. The molecule has 1 aromatic rings. The summed E-state index contributed by atoms with van der Waals surface area (Å²) in [5.74, 6) is 0.256. The largest absolute Gasteiger partial charge is 0.342 e. The number of piperidine rings is 1. The molecule has 0 bridgehead atoms. The zero-order valence-corrected chi connectivity index (χ0v) is 21.0. The third kappa shape index (κ3) is 6.37. The first-order valence-electron chi connectivity index (χ1n) is 12.8. The van der Waals surface area contributed by atoms with Crippen molar-refractivity contribution in [3.63, 3.8) is 0 Å². The van der Waals surface area contributed by atoms with Gasteiger partial charge < -0.3 is 9.80 Å². The molecule has 0 saturated carbocycles. The van der Waals surface area contributed by atoms with Crippen molar-refractivity contribution in [2.45, 2.75) is 56.3 Å². The second-order valence-corrected chi connectivity index (χ2v) is 11.7. The van der Waals surface area contributed by atoms with Crippen LogP contribution in [0.1, 0.15) is 50.5 Å². The summed E-state index contributed by atoms with van der Waals surface area (Å²) < 4.78 is 27.2. The molecule has 9 heteroatoms. The van der Waals surface area contributed by atoms with Gasteiger partial charge in [0, 0.05) is 52.4 Å². The van der Waals surface area contributed by atoms with Gasteiger partial charge in [-0.2, -0.15) is 4.31 Å². The summed E-state index contributed by atoms with van der Waals surface area (Å²) in [6.45, 7) is 5.99. The first-order chi connectivity index (χ1) is 16.4. The summed E-state index contributed by atoms with van der Waals surface area (Å²) >= 11 is 0. The van der Waals surface area contributed by atoms with E-state index in [1.165, 1.54) is 12.8 Å². The van der Waals surface area contributed by atoms with Crippen molar-refractivity contribution >= 4 is 21.8 Å². The van der Waals surface area contributed by atoms with E-state index in [-0.39, 0.29) is 18.2 Å². The van der Waals surface area contributed by atoms with Crippen LogP contribution in [0.3, 0.4) is 0 Å². The van der Waals surface area contributed by atoms with Crippen LogP contribution < -0.4 is 0 Å². The number of piperazine rings is 1. The van der Waals surface area contributed by atoms with Crippen LogP contribution >= 0.6 is 0 Å². The topological polar surface area (TPSA) is 81.2 Å². The van der Waals surface area contributed by atoms with Gasteiger partial charge in [-0.05, 0) is 43.4 Å². The molecule has 4 rings (SSSR count). The highest BCUT2D eigenvalue weighted by molar-refractivity contribution is 7.89. The number of benzene rings is 1. The lowest BCUT2D eigenvalue weighted by molar-refractivity contribution is -0.134. The maximum atomic E-state index is 12.8. The summed E-state index contributed by atoms with van der Waals surface area (Å²) in [6.07, 6.45) is 7.77. The SMILES string of the molecule is O=C(Cc1ccc(S(=O)(=O)N2CCCCC2)cc1)N1CCN(CC(=O)N2CCCCCC2)CC1. The van der Waals surface area contributed by atoms with Crippen LogP contribution in [0, 0.1) is 0 Å². The number of carbonyl (C=O) groups is 2. The highest BCUT2D eigenvalue weighted by Crippen LogP contribution is 2.21. The Labute approximate surface area is 203 Å². The van der Waals surface area contributed by atoms with Crippen LogP contribution in [0.2, 0.25) is 0 Å². The monoisotopic (exact) mass is 490 g/mol.